The van der Waals surface area contributed by atoms with Crippen LogP contribution < -0.4 is 4.74 Å². The monoisotopic (exact) mass is 499 g/mol. The summed E-state index contributed by atoms with van der Waals surface area (Å²) in [5, 5.41) is -0.154. The number of nitrogens with zero attached hydrogens (tertiary/aromatic N) is 1. The van der Waals surface area contributed by atoms with Gasteiger partial charge in [-0.1, -0.05) is 55.2 Å². The third kappa shape index (κ3) is 5.60. The normalized spacial score (nSPS) is 18.8. The molecule has 2 aromatic rings. The number of carbonyl (C=O) groups excluding carboxylic acids is 2. The molecule has 0 spiro atoms. The van der Waals surface area contributed by atoms with E-state index in [1.807, 2.05) is 30.3 Å². The van der Waals surface area contributed by atoms with Crippen molar-refractivity contribution in [3.8, 4) is 5.75 Å². The van der Waals surface area contributed by atoms with E-state index < -0.39 is 0 Å². The Labute approximate surface area is 196 Å². The number of rotatable bonds is 6. The Balaban J connectivity index is 1.41. The first kappa shape index (κ1) is 22.2. The van der Waals surface area contributed by atoms with Gasteiger partial charge < -0.3 is 4.74 Å². The highest BCUT2D eigenvalue weighted by atomic mass is 79.9. The summed E-state index contributed by atoms with van der Waals surface area (Å²) >= 11 is 4.60. The molecule has 4 nitrogen and oxygen atoms in total. The van der Waals surface area contributed by atoms with Crippen LogP contribution in [0.5, 0.6) is 5.75 Å². The van der Waals surface area contributed by atoms with E-state index in [2.05, 4.69) is 35.0 Å². The fourth-order valence-corrected chi connectivity index (χ4v) is 5.48. The van der Waals surface area contributed by atoms with Crippen LogP contribution in [0.25, 0.3) is 6.08 Å². The predicted octanol–water partition coefficient (Wildman–Crippen LogP) is 6.95. The minimum atomic E-state index is -0.170. The summed E-state index contributed by atoms with van der Waals surface area (Å²) in [5.74, 6) is 1.01. The number of hydrogen-bond donors (Lipinski definition) is 0. The van der Waals surface area contributed by atoms with Crippen molar-refractivity contribution in [2.45, 2.75) is 45.6 Å². The second kappa shape index (κ2) is 10.0. The van der Waals surface area contributed by atoms with Gasteiger partial charge in [-0.05, 0) is 82.7 Å². The number of imide groups is 1. The molecule has 0 atom stereocenters. The van der Waals surface area contributed by atoms with Crippen molar-refractivity contribution >= 4 is 44.9 Å². The standard InChI is InChI=1S/C25H26BrNO3S/c1-17-6-5-9-20(12-17)16-30-22-11-10-19(13-21(22)26)14-23-24(28)27(25(29)31-23)15-18-7-3-2-4-8-18/h5-6,9-14,18H,2-4,7-8,15-16H2,1H3/b23-14+. The number of carbonyl (C=O) groups is 2. The zero-order valence-electron chi connectivity index (χ0n) is 17.6. The van der Waals surface area contributed by atoms with E-state index in [0.29, 0.717) is 24.0 Å². The molecule has 2 aliphatic rings. The molecule has 0 radical (unpaired) electrons. The van der Waals surface area contributed by atoms with Crippen LogP contribution in [0.4, 0.5) is 4.79 Å². The Hall–Kier alpha value is -2.05. The van der Waals surface area contributed by atoms with E-state index >= 15 is 0 Å². The zero-order chi connectivity index (χ0) is 21.8. The van der Waals surface area contributed by atoms with Crippen molar-refractivity contribution in [3.05, 3.63) is 68.5 Å². The molecular formula is C25H26BrNO3S. The number of amides is 2. The molecule has 6 heteroatoms. The summed E-state index contributed by atoms with van der Waals surface area (Å²) in [6, 6.07) is 13.9. The maximum absolute atomic E-state index is 12.8. The van der Waals surface area contributed by atoms with Gasteiger partial charge in [-0.25, -0.2) is 0 Å². The summed E-state index contributed by atoms with van der Waals surface area (Å²) in [6.07, 6.45) is 7.67. The van der Waals surface area contributed by atoms with Gasteiger partial charge in [0.05, 0.1) is 9.38 Å². The molecule has 1 heterocycles. The molecular weight excluding hydrogens is 474 g/mol. The average molecular weight is 500 g/mol. The first-order valence-electron chi connectivity index (χ1n) is 10.7. The lowest BCUT2D eigenvalue weighted by Gasteiger charge is -2.25. The summed E-state index contributed by atoms with van der Waals surface area (Å²) in [4.78, 5) is 27.2. The van der Waals surface area contributed by atoms with Crippen molar-refractivity contribution in [2.24, 2.45) is 5.92 Å². The van der Waals surface area contributed by atoms with Crippen molar-refractivity contribution in [1.29, 1.82) is 0 Å². The second-order valence-electron chi connectivity index (χ2n) is 8.26. The Morgan fingerprint density at radius 1 is 1.13 bits per heavy atom. The third-order valence-electron chi connectivity index (χ3n) is 5.77. The van der Waals surface area contributed by atoms with Crippen LogP contribution in [0.3, 0.4) is 0 Å². The average Bonchev–Trinajstić information content (AvgIpc) is 3.01. The molecule has 2 amide bonds. The summed E-state index contributed by atoms with van der Waals surface area (Å²) in [6.45, 7) is 3.10. The van der Waals surface area contributed by atoms with Crippen LogP contribution in [-0.2, 0) is 11.4 Å². The van der Waals surface area contributed by atoms with Crippen molar-refractivity contribution in [3.63, 3.8) is 0 Å². The maximum atomic E-state index is 12.8. The van der Waals surface area contributed by atoms with Crippen LogP contribution in [0.1, 0.15) is 48.8 Å². The molecule has 0 N–H and O–H groups in total. The lowest BCUT2D eigenvalue weighted by Crippen LogP contribution is -2.34. The van der Waals surface area contributed by atoms with Gasteiger partial charge in [0.25, 0.3) is 11.1 Å². The molecule has 1 aliphatic carbocycles. The van der Waals surface area contributed by atoms with Crippen LogP contribution >= 0.6 is 27.7 Å². The molecule has 1 saturated carbocycles. The number of aryl methyl sites for hydroxylation is 1. The summed E-state index contributed by atoms with van der Waals surface area (Å²) in [5.41, 5.74) is 3.17. The maximum Gasteiger partial charge on any atom is 0.293 e. The Morgan fingerprint density at radius 3 is 2.68 bits per heavy atom. The van der Waals surface area contributed by atoms with Crippen LogP contribution in [0.2, 0.25) is 0 Å². The molecule has 162 valence electrons. The van der Waals surface area contributed by atoms with Crippen LogP contribution in [-0.4, -0.2) is 22.6 Å². The highest BCUT2D eigenvalue weighted by Gasteiger charge is 2.36. The number of halogens is 1. The summed E-state index contributed by atoms with van der Waals surface area (Å²) in [7, 11) is 0. The zero-order valence-corrected chi connectivity index (χ0v) is 20.0. The third-order valence-corrected chi connectivity index (χ3v) is 7.30. The number of thioether (sulfide) groups is 1. The molecule has 0 aromatic heterocycles. The fourth-order valence-electron chi connectivity index (χ4n) is 4.12. The molecule has 2 fully saturated rings. The van der Waals surface area contributed by atoms with Crippen molar-refractivity contribution < 1.29 is 14.3 Å². The second-order valence-corrected chi connectivity index (χ2v) is 10.1. The van der Waals surface area contributed by atoms with Crippen molar-refractivity contribution in [1.82, 2.24) is 4.90 Å². The topological polar surface area (TPSA) is 46.6 Å². The highest BCUT2D eigenvalue weighted by Crippen LogP contribution is 2.36. The van der Waals surface area contributed by atoms with Crippen molar-refractivity contribution in [2.75, 3.05) is 6.54 Å². The van der Waals surface area contributed by atoms with Gasteiger partial charge in [-0.2, -0.15) is 0 Å². The first-order chi connectivity index (χ1) is 15.0. The van der Waals surface area contributed by atoms with E-state index in [0.717, 1.165) is 46.0 Å². The molecule has 1 aliphatic heterocycles. The van der Waals surface area contributed by atoms with E-state index in [-0.39, 0.29) is 11.1 Å². The Morgan fingerprint density at radius 2 is 1.94 bits per heavy atom. The van der Waals surface area contributed by atoms with Crippen LogP contribution in [0, 0.1) is 12.8 Å². The SMILES string of the molecule is Cc1cccc(COc2ccc(/C=C3/SC(=O)N(CC4CCCCC4)C3=O)cc2Br)c1. The smallest absolute Gasteiger partial charge is 0.293 e. The van der Waals surface area contributed by atoms with Gasteiger partial charge in [0.15, 0.2) is 0 Å². The lowest BCUT2D eigenvalue weighted by molar-refractivity contribution is -0.123. The molecule has 0 unspecified atom stereocenters. The quantitative estimate of drug-likeness (QED) is 0.403. The molecule has 0 bridgehead atoms. The summed E-state index contributed by atoms with van der Waals surface area (Å²) < 4.78 is 6.76. The minimum Gasteiger partial charge on any atom is -0.488 e. The number of benzene rings is 2. The van der Waals surface area contributed by atoms with E-state index in [1.165, 1.54) is 29.7 Å². The van der Waals surface area contributed by atoms with Gasteiger partial charge in [-0.15, -0.1) is 0 Å². The van der Waals surface area contributed by atoms with E-state index in [1.54, 1.807) is 6.08 Å². The molecule has 1 saturated heterocycles. The van der Waals surface area contributed by atoms with Gasteiger partial charge in [0.2, 0.25) is 0 Å². The predicted molar refractivity (Wildman–Crippen MR) is 129 cm³/mol. The highest BCUT2D eigenvalue weighted by molar-refractivity contribution is 9.10. The molecule has 31 heavy (non-hydrogen) atoms. The van der Waals surface area contributed by atoms with Gasteiger partial charge in [0.1, 0.15) is 12.4 Å². The van der Waals surface area contributed by atoms with Crippen LogP contribution in [0.15, 0.2) is 51.8 Å². The lowest BCUT2D eigenvalue weighted by atomic mass is 9.89. The molecule has 2 aromatic carbocycles. The number of ether oxygens (including phenoxy) is 1. The Kier molecular flexibility index (Phi) is 7.18. The first-order valence-corrected chi connectivity index (χ1v) is 12.3. The largest absolute Gasteiger partial charge is 0.488 e. The minimum absolute atomic E-state index is 0.154. The van der Waals surface area contributed by atoms with E-state index in [9.17, 15) is 9.59 Å². The number of hydrogen-bond acceptors (Lipinski definition) is 4. The van der Waals surface area contributed by atoms with Gasteiger partial charge in [-0.3, -0.25) is 14.5 Å². The fraction of sp³-hybridized carbons (Fsp3) is 0.360. The van der Waals surface area contributed by atoms with E-state index in [4.69, 9.17) is 4.74 Å². The van der Waals surface area contributed by atoms with Gasteiger partial charge in [0, 0.05) is 6.54 Å². The Bertz CT molecular complexity index is 1010. The van der Waals surface area contributed by atoms with Gasteiger partial charge >= 0.3 is 0 Å². The molecule has 4 rings (SSSR count).